The maximum atomic E-state index is 5.51. The fourth-order valence-corrected chi connectivity index (χ4v) is 4.34. The third-order valence-corrected chi connectivity index (χ3v) is 5.27. The molecule has 96 valence electrons. The van der Waals surface area contributed by atoms with Crippen molar-refractivity contribution in [1.82, 2.24) is 5.32 Å². The van der Waals surface area contributed by atoms with E-state index in [9.17, 15) is 0 Å². The Hall–Kier alpha value is -0.860. The number of hydrogen-bond donors (Lipinski definition) is 1. The van der Waals surface area contributed by atoms with Gasteiger partial charge < -0.3 is 10.1 Å². The third kappa shape index (κ3) is 1.55. The first-order chi connectivity index (χ1) is 8.88. The lowest BCUT2D eigenvalue weighted by atomic mass is 9.94. The molecule has 0 amide bonds. The topological polar surface area (TPSA) is 21.3 Å². The number of rotatable bonds is 3. The van der Waals surface area contributed by atoms with E-state index in [0.717, 1.165) is 31.0 Å². The number of nitrogens with one attached hydrogen (secondary N) is 1. The summed E-state index contributed by atoms with van der Waals surface area (Å²) in [6.07, 6.45) is 4.38. The standard InChI is InChI=1S/C16H21NO/c1-17-16(15-13-3-2-4-14(13)15)10-5-6-11-8-18-9-12(11)7-10/h5-7,13-17H,2-4,8-9H2,1H3. The molecular formula is C16H21NO. The minimum Gasteiger partial charge on any atom is -0.372 e. The summed E-state index contributed by atoms with van der Waals surface area (Å²) < 4.78 is 5.51. The zero-order valence-corrected chi connectivity index (χ0v) is 11.0. The highest BCUT2D eigenvalue weighted by molar-refractivity contribution is 5.35. The molecule has 1 N–H and O–H groups in total. The maximum Gasteiger partial charge on any atom is 0.0725 e. The minimum absolute atomic E-state index is 0.561. The highest BCUT2D eigenvalue weighted by atomic mass is 16.5. The van der Waals surface area contributed by atoms with Gasteiger partial charge in [0.05, 0.1) is 13.2 Å². The van der Waals surface area contributed by atoms with E-state index in [4.69, 9.17) is 4.74 Å². The van der Waals surface area contributed by atoms with Gasteiger partial charge in [0.25, 0.3) is 0 Å². The van der Waals surface area contributed by atoms with E-state index in [1.165, 1.54) is 36.0 Å². The molecule has 1 aromatic carbocycles. The van der Waals surface area contributed by atoms with Gasteiger partial charge in [-0.25, -0.2) is 0 Å². The van der Waals surface area contributed by atoms with Crippen LogP contribution in [0.4, 0.5) is 0 Å². The van der Waals surface area contributed by atoms with Crippen LogP contribution in [0.15, 0.2) is 18.2 Å². The first kappa shape index (κ1) is 11.0. The lowest BCUT2D eigenvalue weighted by Crippen LogP contribution is -2.20. The molecular weight excluding hydrogens is 222 g/mol. The summed E-state index contributed by atoms with van der Waals surface area (Å²) >= 11 is 0. The van der Waals surface area contributed by atoms with Gasteiger partial charge in [0.2, 0.25) is 0 Å². The van der Waals surface area contributed by atoms with E-state index in [1.54, 1.807) is 0 Å². The van der Waals surface area contributed by atoms with Crippen molar-refractivity contribution in [3.63, 3.8) is 0 Å². The summed E-state index contributed by atoms with van der Waals surface area (Å²) in [7, 11) is 2.11. The summed E-state index contributed by atoms with van der Waals surface area (Å²) in [6, 6.07) is 7.51. The molecule has 1 aromatic rings. The van der Waals surface area contributed by atoms with Crippen LogP contribution in [0.1, 0.15) is 42.0 Å². The molecule has 3 unspecified atom stereocenters. The van der Waals surface area contributed by atoms with Crippen molar-refractivity contribution in [3.8, 4) is 0 Å². The zero-order valence-electron chi connectivity index (χ0n) is 11.0. The molecule has 2 heteroatoms. The average molecular weight is 243 g/mol. The van der Waals surface area contributed by atoms with Crippen LogP contribution in [-0.2, 0) is 18.0 Å². The molecule has 2 saturated carbocycles. The number of hydrogen-bond acceptors (Lipinski definition) is 2. The van der Waals surface area contributed by atoms with Crippen molar-refractivity contribution in [2.24, 2.45) is 17.8 Å². The molecule has 0 radical (unpaired) electrons. The van der Waals surface area contributed by atoms with Crippen LogP contribution in [-0.4, -0.2) is 7.05 Å². The van der Waals surface area contributed by atoms with Gasteiger partial charge >= 0.3 is 0 Å². The molecule has 0 spiro atoms. The average Bonchev–Trinajstić information content (AvgIpc) is 2.83. The molecule has 2 nitrogen and oxygen atoms in total. The van der Waals surface area contributed by atoms with Crippen molar-refractivity contribution >= 4 is 0 Å². The summed E-state index contributed by atoms with van der Waals surface area (Å²) in [5.74, 6) is 2.91. The van der Waals surface area contributed by atoms with E-state index in [0.29, 0.717) is 6.04 Å². The highest BCUT2D eigenvalue weighted by Gasteiger charge is 2.55. The lowest BCUT2D eigenvalue weighted by molar-refractivity contribution is 0.134. The number of fused-ring (bicyclic) bond motifs is 2. The second-order valence-corrected chi connectivity index (χ2v) is 6.12. The molecule has 2 aliphatic carbocycles. The van der Waals surface area contributed by atoms with Crippen molar-refractivity contribution in [1.29, 1.82) is 0 Å². The number of benzene rings is 1. The fourth-order valence-electron chi connectivity index (χ4n) is 4.34. The van der Waals surface area contributed by atoms with Crippen LogP contribution < -0.4 is 5.32 Å². The van der Waals surface area contributed by atoms with Crippen molar-refractivity contribution in [2.45, 2.75) is 38.5 Å². The molecule has 4 rings (SSSR count). The van der Waals surface area contributed by atoms with Crippen LogP contribution in [0.3, 0.4) is 0 Å². The molecule has 18 heavy (non-hydrogen) atoms. The van der Waals surface area contributed by atoms with Gasteiger partial charge in [0.1, 0.15) is 0 Å². The Morgan fingerprint density at radius 2 is 1.94 bits per heavy atom. The third-order valence-electron chi connectivity index (χ3n) is 5.27. The van der Waals surface area contributed by atoms with Crippen LogP contribution in [0, 0.1) is 17.8 Å². The predicted molar refractivity (Wildman–Crippen MR) is 71.1 cm³/mol. The van der Waals surface area contributed by atoms with Gasteiger partial charge in [-0.1, -0.05) is 24.6 Å². The Morgan fingerprint density at radius 3 is 2.72 bits per heavy atom. The molecule has 3 aliphatic rings. The molecule has 0 saturated heterocycles. The van der Waals surface area contributed by atoms with Gasteiger partial charge in [-0.05, 0) is 54.3 Å². The Morgan fingerprint density at radius 1 is 1.17 bits per heavy atom. The van der Waals surface area contributed by atoms with E-state index in [2.05, 4.69) is 30.6 Å². The van der Waals surface area contributed by atoms with Crippen LogP contribution in [0.25, 0.3) is 0 Å². The second kappa shape index (κ2) is 4.07. The van der Waals surface area contributed by atoms with Crippen molar-refractivity contribution in [2.75, 3.05) is 7.05 Å². The van der Waals surface area contributed by atoms with Crippen LogP contribution >= 0.6 is 0 Å². The Bertz CT molecular complexity index is 460. The Balaban J connectivity index is 1.61. The second-order valence-electron chi connectivity index (χ2n) is 6.12. The Kier molecular flexibility index (Phi) is 2.49. The van der Waals surface area contributed by atoms with E-state index < -0.39 is 0 Å². The first-order valence-corrected chi connectivity index (χ1v) is 7.25. The largest absolute Gasteiger partial charge is 0.372 e. The zero-order chi connectivity index (χ0) is 12.1. The maximum absolute atomic E-state index is 5.51. The van der Waals surface area contributed by atoms with Crippen LogP contribution in [0.5, 0.6) is 0 Å². The van der Waals surface area contributed by atoms with E-state index in [1.807, 2.05) is 0 Å². The normalized spacial score (nSPS) is 34.2. The molecule has 0 bridgehead atoms. The number of ether oxygens (including phenoxy) is 1. The minimum atomic E-state index is 0.561. The predicted octanol–water partition coefficient (Wildman–Crippen LogP) is 3.02. The van der Waals surface area contributed by atoms with Gasteiger partial charge in [0.15, 0.2) is 0 Å². The summed E-state index contributed by atoms with van der Waals surface area (Å²) in [4.78, 5) is 0. The van der Waals surface area contributed by atoms with E-state index in [-0.39, 0.29) is 0 Å². The van der Waals surface area contributed by atoms with E-state index >= 15 is 0 Å². The molecule has 2 fully saturated rings. The quantitative estimate of drug-likeness (QED) is 0.881. The van der Waals surface area contributed by atoms with Gasteiger partial charge in [-0.2, -0.15) is 0 Å². The summed E-state index contributed by atoms with van der Waals surface area (Å²) in [5.41, 5.74) is 4.25. The Labute approximate surface area is 109 Å². The van der Waals surface area contributed by atoms with Crippen molar-refractivity contribution in [3.05, 3.63) is 34.9 Å². The fraction of sp³-hybridized carbons (Fsp3) is 0.625. The van der Waals surface area contributed by atoms with Gasteiger partial charge in [-0.3, -0.25) is 0 Å². The SMILES string of the molecule is CNC(c1ccc2c(c1)COC2)C1C2CCCC21. The molecule has 1 heterocycles. The molecule has 3 atom stereocenters. The van der Waals surface area contributed by atoms with Gasteiger partial charge in [-0.15, -0.1) is 0 Å². The molecule has 0 aromatic heterocycles. The monoisotopic (exact) mass is 243 g/mol. The van der Waals surface area contributed by atoms with Crippen molar-refractivity contribution < 1.29 is 4.74 Å². The first-order valence-electron chi connectivity index (χ1n) is 7.25. The molecule has 1 aliphatic heterocycles. The van der Waals surface area contributed by atoms with Crippen LogP contribution in [0.2, 0.25) is 0 Å². The lowest BCUT2D eigenvalue weighted by Gasteiger charge is -2.19. The van der Waals surface area contributed by atoms with Gasteiger partial charge in [0, 0.05) is 6.04 Å². The smallest absolute Gasteiger partial charge is 0.0725 e. The summed E-state index contributed by atoms with van der Waals surface area (Å²) in [6.45, 7) is 1.60. The highest BCUT2D eigenvalue weighted by Crippen LogP contribution is 2.62. The summed E-state index contributed by atoms with van der Waals surface area (Å²) in [5, 5.41) is 3.56.